The number of methoxy groups -OCH3 is 1. The molecule has 0 aromatic heterocycles. The van der Waals surface area contributed by atoms with Crippen LogP contribution < -0.4 is 10.1 Å². The van der Waals surface area contributed by atoms with E-state index in [1.165, 1.54) is 19.2 Å². The van der Waals surface area contributed by atoms with Crippen molar-refractivity contribution in [3.8, 4) is 18.1 Å². The van der Waals surface area contributed by atoms with Gasteiger partial charge in [-0.15, -0.1) is 6.42 Å². The minimum absolute atomic E-state index is 0.0660. The van der Waals surface area contributed by atoms with Crippen LogP contribution in [0.1, 0.15) is 0 Å². The van der Waals surface area contributed by atoms with Gasteiger partial charge in [-0.2, -0.15) is 0 Å². The Balaban J connectivity index is 2.98. The molecule has 0 aliphatic carbocycles. The van der Waals surface area contributed by atoms with Crippen molar-refractivity contribution in [1.29, 1.82) is 0 Å². The van der Waals surface area contributed by atoms with Crippen LogP contribution in [0.15, 0.2) is 18.2 Å². The van der Waals surface area contributed by atoms with E-state index in [1.54, 1.807) is 6.07 Å². The zero-order valence-electron chi connectivity index (χ0n) is 8.19. The topological polar surface area (TPSA) is 64.4 Å². The summed E-state index contributed by atoms with van der Waals surface area (Å²) in [5.74, 6) is 2.62. The average molecular weight is 206 g/mol. The lowest BCUT2D eigenvalue weighted by Crippen LogP contribution is -2.00. The van der Waals surface area contributed by atoms with Gasteiger partial charge in [0.2, 0.25) is 0 Å². The zero-order chi connectivity index (χ0) is 11.3. The smallest absolute Gasteiger partial charge is 0.311 e. The van der Waals surface area contributed by atoms with Gasteiger partial charge in [-0.05, 0) is 6.07 Å². The highest BCUT2D eigenvalue weighted by molar-refractivity contribution is 5.58. The van der Waals surface area contributed by atoms with Crippen molar-refractivity contribution in [2.45, 2.75) is 0 Å². The van der Waals surface area contributed by atoms with Gasteiger partial charge in [0, 0.05) is 17.8 Å². The molecule has 5 nitrogen and oxygen atoms in total. The summed E-state index contributed by atoms with van der Waals surface area (Å²) in [5.41, 5.74) is 0.624. The third-order valence-electron chi connectivity index (χ3n) is 1.77. The number of nitrogens with one attached hydrogen (secondary N) is 1. The van der Waals surface area contributed by atoms with E-state index in [0.29, 0.717) is 12.2 Å². The van der Waals surface area contributed by atoms with Crippen LogP contribution in [-0.4, -0.2) is 18.6 Å². The lowest BCUT2D eigenvalue weighted by Gasteiger charge is -2.05. The van der Waals surface area contributed by atoms with E-state index in [4.69, 9.17) is 11.2 Å². The minimum Gasteiger partial charge on any atom is -0.490 e. The molecule has 0 amide bonds. The average Bonchev–Trinajstić information content (AvgIpc) is 2.25. The number of ether oxygens (including phenoxy) is 1. The van der Waals surface area contributed by atoms with Crippen molar-refractivity contribution in [3.63, 3.8) is 0 Å². The van der Waals surface area contributed by atoms with Crippen molar-refractivity contribution in [1.82, 2.24) is 0 Å². The Kier molecular flexibility index (Phi) is 3.52. The Bertz CT molecular complexity index is 410. The molecule has 0 spiro atoms. The molecule has 1 aromatic carbocycles. The van der Waals surface area contributed by atoms with Crippen molar-refractivity contribution in [3.05, 3.63) is 28.3 Å². The van der Waals surface area contributed by atoms with Gasteiger partial charge in [-0.3, -0.25) is 10.1 Å². The monoisotopic (exact) mass is 206 g/mol. The van der Waals surface area contributed by atoms with E-state index in [0.717, 1.165) is 0 Å². The molecule has 0 bridgehead atoms. The second-order valence-corrected chi connectivity index (χ2v) is 2.70. The van der Waals surface area contributed by atoms with E-state index in [2.05, 4.69) is 11.2 Å². The van der Waals surface area contributed by atoms with Crippen LogP contribution >= 0.6 is 0 Å². The Morgan fingerprint density at radius 2 is 2.40 bits per heavy atom. The first-order valence-corrected chi connectivity index (χ1v) is 4.18. The van der Waals surface area contributed by atoms with Crippen LogP contribution in [-0.2, 0) is 0 Å². The highest BCUT2D eigenvalue weighted by Gasteiger charge is 2.14. The standard InChI is InChI=1S/C10H10N2O3/c1-3-6-11-8-4-5-9(12(13)14)10(7-8)15-2/h1,4-5,7,11H,6H2,2H3. The van der Waals surface area contributed by atoms with E-state index in [1.807, 2.05) is 0 Å². The second kappa shape index (κ2) is 4.86. The van der Waals surface area contributed by atoms with Gasteiger partial charge >= 0.3 is 5.69 Å². The maximum atomic E-state index is 10.6. The number of nitrogens with zero attached hydrogens (tertiary/aromatic N) is 1. The number of benzene rings is 1. The molecule has 15 heavy (non-hydrogen) atoms. The summed E-state index contributed by atoms with van der Waals surface area (Å²) in [6.45, 7) is 0.362. The zero-order valence-corrected chi connectivity index (χ0v) is 8.19. The van der Waals surface area contributed by atoms with Gasteiger partial charge < -0.3 is 10.1 Å². The molecule has 1 N–H and O–H groups in total. The molecule has 0 radical (unpaired) electrons. The number of terminal acetylenes is 1. The number of nitro benzene ring substituents is 1. The van der Waals surface area contributed by atoms with E-state index in [9.17, 15) is 10.1 Å². The number of nitro groups is 1. The van der Waals surface area contributed by atoms with Gasteiger partial charge in [0.25, 0.3) is 0 Å². The first-order valence-electron chi connectivity index (χ1n) is 4.18. The van der Waals surface area contributed by atoms with Crippen molar-refractivity contribution in [2.24, 2.45) is 0 Å². The van der Waals surface area contributed by atoms with Crippen LogP contribution in [0.5, 0.6) is 5.75 Å². The summed E-state index contributed by atoms with van der Waals surface area (Å²) in [6, 6.07) is 4.49. The Hall–Kier alpha value is -2.22. The molecule has 0 heterocycles. The van der Waals surface area contributed by atoms with Crippen LogP contribution in [0.4, 0.5) is 11.4 Å². The van der Waals surface area contributed by atoms with Gasteiger partial charge in [0.05, 0.1) is 18.6 Å². The predicted molar refractivity (Wildman–Crippen MR) is 57.0 cm³/mol. The molecule has 0 unspecified atom stereocenters. The van der Waals surface area contributed by atoms with E-state index >= 15 is 0 Å². The molecule has 0 aliphatic rings. The molecule has 0 fully saturated rings. The Labute approximate surface area is 87.2 Å². The molecule has 78 valence electrons. The van der Waals surface area contributed by atoms with Crippen molar-refractivity contribution < 1.29 is 9.66 Å². The number of anilines is 1. The quantitative estimate of drug-likeness (QED) is 0.462. The number of hydrogen-bond donors (Lipinski definition) is 1. The third-order valence-corrected chi connectivity index (χ3v) is 1.77. The lowest BCUT2D eigenvalue weighted by atomic mass is 10.2. The fraction of sp³-hybridized carbons (Fsp3) is 0.200. The summed E-state index contributed by atoms with van der Waals surface area (Å²) >= 11 is 0. The number of rotatable bonds is 4. The van der Waals surface area contributed by atoms with Crippen molar-refractivity contribution in [2.75, 3.05) is 19.0 Å². The normalized spacial score (nSPS) is 9.07. The second-order valence-electron chi connectivity index (χ2n) is 2.70. The lowest BCUT2D eigenvalue weighted by molar-refractivity contribution is -0.385. The van der Waals surface area contributed by atoms with Gasteiger partial charge in [-0.1, -0.05) is 5.92 Å². The third kappa shape index (κ3) is 2.61. The van der Waals surface area contributed by atoms with Crippen LogP contribution in [0.2, 0.25) is 0 Å². The first kappa shape index (κ1) is 10.9. The summed E-state index contributed by atoms with van der Waals surface area (Å²) in [4.78, 5) is 10.1. The summed E-state index contributed by atoms with van der Waals surface area (Å²) in [7, 11) is 1.38. The SMILES string of the molecule is C#CCNc1ccc([N+](=O)[O-])c(OC)c1. The molecule has 5 heteroatoms. The molecule has 1 aromatic rings. The minimum atomic E-state index is -0.496. The number of hydrogen-bond acceptors (Lipinski definition) is 4. The van der Waals surface area contributed by atoms with E-state index in [-0.39, 0.29) is 11.4 Å². The van der Waals surface area contributed by atoms with Gasteiger partial charge in [0.15, 0.2) is 5.75 Å². The Morgan fingerprint density at radius 3 is 2.93 bits per heavy atom. The molecular weight excluding hydrogens is 196 g/mol. The Morgan fingerprint density at radius 1 is 1.67 bits per heavy atom. The van der Waals surface area contributed by atoms with Crippen LogP contribution in [0.25, 0.3) is 0 Å². The fourth-order valence-electron chi connectivity index (χ4n) is 1.09. The maximum absolute atomic E-state index is 10.6. The predicted octanol–water partition coefficient (Wildman–Crippen LogP) is 1.65. The largest absolute Gasteiger partial charge is 0.490 e. The highest BCUT2D eigenvalue weighted by Crippen LogP contribution is 2.29. The van der Waals surface area contributed by atoms with Crippen LogP contribution in [0.3, 0.4) is 0 Å². The van der Waals surface area contributed by atoms with Gasteiger partial charge in [-0.25, -0.2) is 0 Å². The van der Waals surface area contributed by atoms with Crippen molar-refractivity contribution >= 4 is 11.4 Å². The van der Waals surface area contributed by atoms with Crippen LogP contribution in [0, 0.1) is 22.5 Å². The summed E-state index contributed by atoms with van der Waals surface area (Å²) < 4.78 is 4.89. The molecule has 1 rings (SSSR count). The molecule has 0 aliphatic heterocycles. The fourth-order valence-corrected chi connectivity index (χ4v) is 1.09. The molecule has 0 saturated carbocycles. The van der Waals surface area contributed by atoms with Gasteiger partial charge in [0.1, 0.15) is 0 Å². The van der Waals surface area contributed by atoms with E-state index < -0.39 is 4.92 Å². The molecule has 0 saturated heterocycles. The molecule has 0 atom stereocenters. The summed E-state index contributed by atoms with van der Waals surface area (Å²) in [5, 5.41) is 13.5. The maximum Gasteiger partial charge on any atom is 0.311 e. The summed E-state index contributed by atoms with van der Waals surface area (Å²) in [6.07, 6.45) is 5.07. The first-order chi connectivity index (χ1) is 7.19. The highest BCUT2D eigenvalue weighted by atomic mass is 16.6. The molecular formula is C10H10N2O3.